The Morgan fingerprint density at radius 3 is 2.94 bits per heavy atom. The Bertz CT molecular complexity index is 491. The summed E-state index contributed by atoms with van der Waals surface area (Å²) in [4.78, 5) is 4.54. The van der Waals surface area contributed by atoms with Crippen LogP contribution in [0.1, 0.15) is 5.69 Å². The van der Waals surface area contributed by atoms with Gasteiger partial charge >= 0.3 is 0 Å². The van der Waals surface area contributed by atoms with Gasteiger partial charge in [0.15, 0.2) is 0 Å². The third-order valence-electron chi connectivity index (χ3n) is 2.41. The maximum Gasteiger partial charge on any atom is 0.140 e. The number of imidazole rings is 1. The minimum atomic E-state index is 0.617. The standard InChI is InChI=1S/C12H14ClN3/c1-16-8-11(5-6-14)15-12(16)9-3-2-4-10(13)7-9/h2-4,7-8H,5-6,14H2,1H3. The number of hydrogen-bond acceptors (Lipinski definition) is 2. The number of halogens is 1. The molecule has 4 heteroatoms. The van der Waals surface area contributed by atoms with E-state index in [1.165, 1.54) is 0 Å². The molecular weight excluding hydrogens is 222 g/mol. The molecule has 2 rings (SSSR count). The van der Waals surface area contributed by atoms with Crippen molar-refractivity contribution in [2.75, 3.05) is 6.54 Å². The Balaban J connectivity index is 2.40. The Morgan fingerprint density at radius 2 is 2.25 bits per heavy atom. The van der Waals surface area contributed by atoms with Crippen LogP contribution in [0.4, 0.5) is 0 Å². The van der Waals surface area contributed by atoms with Gasteiger partial charge in [-0.3, -0.25) is 0 Å². The van der Waals surface area contributed by atoms with Crippen molar-refractivity contribution in [2.45, 2.75) is 6.42 Å². The maximum absolute atomic E-state index is 5.96. The first-order valence-corrected chi connectivity index (χ1v) is 5.57. The van der Waals surface area contributed by atoms with Crippen LogP contribution in [0.3, 0.4) is 0 Å². The summed E-state index contributed by atoms with van der Waals surface area (Å²) < 4.78 is 2.00. The lowest BCUT2D eigenvalue weighted by molar-refractivity contribution is 0.912. The average molecular weight is 236 g/mol. The largest absolute Gasteiger partial charge is 0.334 e. The lowest BCUT2D eigenvalue weighted by Crippen LogP contribution is -2.02. The second-order valence-electron chi connectivity index (χ2n) is 3.72. The molecule has 0 saturated heterocycles. The minimum absolute atomic E-state index is 0.617. The van der Waals surface area contributed by atoms with Crippen molar-refractivity contribution in [2.24, 2.45) is 12.8 Å². The molecule has 3 nitrogen and oxygen atoms in total. The fourth-order valence-corrected chi connectivity index (χ4v) is 1.88. The summed E-state index contributed by atoms with van der Waals surface area (Å²) in [5.41, 5.74) is 7.55. The van der Waals surface area contributed by atoms with Gasteiger partial charge in [0.1, 0.15) is 5.82 Å². The van der Waals surface area contributed by atoms with E-state index in [2.05, 4.69) is 4.98 Å². The van der Waals surface area contributed by atoms with Gasteiger partial charge in [-0.25, -0.2) is 4.98 Å². The number of aromatic nitrogens is 2. The highest BCUT2D eigenvalue weighted by atomic mass is 35.5. The first-order chi connectivity index (χ1) is 7.70. The molecule has 16 heavy (non-hydrogen) atoms. The molecule has 0 amide bonds. The third-order valence-corrected chi connectivity index (χ3v) is 2.64. The molecule has 2 aromatic rings. The number of benzene rings is 1. The summed E-state index contributed by atoms with van der Waals surface area (Å²) in [7, 11) is 1.98. The van der Waals surface area contributed by atoms with Gasteiger partial charge in [-0.05, 0) is 18.7 Å². The van der Waals surface area contributed by atoms with Crippen LogP contribution < -0.4 is 5.73 Å². The average Bonchev–Trinajstić information content (AvgIpc) is 2.60. The van der Waals surface area contributed by atoms with Crippen LogP contribution in [0.2, 0.25) is 5.02 Å². The fourth-order valence-electron chi connectivity index (χ4n) is 1.69. The van der Waals surface area contributed by atoms with Crippen molar-refractivity contribution in [3.8, 4) is 11.4 Å². The Hall–Kier alpha value is -1.32. The number of nitrogens with two attached hydrogens (primary N) is 1. The van der Waals surface area contributed by atoms with Crippen LogP contribution in [0.15, 0.2) is 30.5 Å². The zero-order valence-electron chi connectivity index (χ0n) is 9.15. The van der Waals surface area contributed by atoms with Gasteiger partial charge in [0, 0.05) is 30.3 Å². The third kappa shape index (κ3) is 2.26. The molecule has 0 radical (unpaired) electrons. The number of hydrogen-bond donors (Lipinski definition) is 1. The SMILES string of the molecule is Cn1cc(CCN)nc1-c1cccc(Cl)c1. The highest BCUT2D eigenvalue weighted by Gasteiger charge is 2.07. The molecule has 0 fully saturated rings. The first-order valence-electron chi connectivity index (χ1n) is 5.19. The van der Waals surface area contributed by atoms with Gasteiger partial charge in [-0.15, -0.1) is 0 Å². The van der Waals surface area contributed by atoms with E-state index in [0.29, 0.717) is 6.54 Å². The molecule has 0 aliphatic rings. The molecule has 84 valence electrons. The molecule has 0 spiro atoms. The van der Waals surface area contributed by atoms with Gasteiger partial charge in [-0.2, -0.15) is 0 Å². The predicted octanol–water partition coefficient (Wildman–Crippen LogP) is 2.24. The molecule has 0 bridgehead atoms. The molecule has 0 unspecified atom stereocenters. The second kappa shape index (κ2) is 4.68. The van der Waals surface area contributed by atoms with Crippen molar-refractivity contribution in [1.82, 2.24) is 9.55 Å². The molecule has 1 aromatic carbocycles. The van der Waals surface area contributed by atoms with Crippen molar-refractivity contribution in [3.05, 3.63) is 41.2 Å². The van der Waals surface area contributed by atoms with Crippen LogP contribution in [0.25, 0.3) is 11.4 Å². The zero-order chi connectivity index (χ0) is 11.5. The highest BCUT2D eigenvalue weighted by molar-refractivity contribution is 6.30. The van der Waals surface area contributed by atoms with E-state index in [1.54, 1.807) is 0 Å². The van der Waals surface area contributed by atoms with Crippen LogP contribution in [-0.2, 0) is 13.5 Å². The molecular formula is C12H14ClN3. The van der Waals surface area contributed by atoms with E-state index in [0.717, 1.165) is 28.5 Å². The summed E-state index contributed by atoms with van der Waals surface area (Å²) in [5.74, 6) is 0.922. The van der Waals surface area contributed by atoms with E-state index in [1.807, 2.05) is 42.1 Å². The van der Waals surface area contributed by atoms with E-state index in [9.17, 15) is 0 Å². The monoisotopic (exact) mass is 235 g/mol. The van der Waals surface area contributed by atoms with Crippen LogP contribution in [0.5, 0.6) is 0 Å². The fraction of sp³-hybridized carbons (Fsp3) is 0.250. The molecule has 0 saturated carbocycles. The molecule has 2 N–H and O–H groups in total. The normalized spacial score (nSPS) is 10.7. The smallest absolute Gasteiger partial charge is 0.140 e. The summed E-state index contributed by atoms with van der Waals surface area (Å²) >= 11 is 5.96. The van der Waals surface area contributed by atoms with Gasteiger partial charge in [-0.1, -0.05) is 23.7 Å². The zero-order valence-corrected chi connectivity index (χ0v) is 9.91. The lowest BCUT2D eigenvalue weighted by Gasteiger charge is -2.01. The summed E-state index contributed by atoms with van der Waals surface area (Å²) in [6.07, 6.45) is 2.80. The highest BCUT2D eigenvalue weighted by Crippen LogP contribution is 2.21. The van der Waals surface area contributed by atoms with Crippen molar-refractivity contribution >= 4 is 11.6 Å². The quantitative estimate of drug-likeness (QED) is 0.887. The molecule has 0 atom stereocenters. The van der Waals surface area contributed by atoms with Gasteiger partial charge in [0.2, 0.25) is 0 Å². The van der Waals surface area contributed by atoms with E-state index >= 15 is 0 Å². The van der Waals surface area contributed by atoms with Crippen LogP contribution in [-0.4, -0.2) is 16.1 Å². The number of aryl methyl sites for hydroxylation is 1. The van der Waals surface area contributed by atoms with Crippen molar-refractivity contribution in [3.63, 3.8) is 0 Å². The molecule has 0 aliphatic heterocycles. The van der Waals surface area contributed by atoms with Gasteiger partial charge in [0.25, 0.3) is 0 Å². The summed E-state index contributed by atoms with van der Waals surface area (Å²) in [6.45, 7) is 0.617. The summed E-state index contributed by atoms with van der Waals surface area (Å²) in [5, 5.41) is 0.723. The first kappa shape index (κ1) is 11.2. The molecule has 0 aliphatic carbocycles. The molecule has 1 heterocycles. The Kier molecular flexibility index (Phi) is 3.27. The maximum atomic E-state index is 5.96. The van der Waals surface area contributed by atoms with Crippen molar-refractivity contribution < 1.29 is 0 Å². The van der Waals surface area contributed by atoms with E-state index in [4.69, 9.17) is 17.3 Å². The van der Waals surface area contributed by atoms with Crippen LogP contribution in [0, 0.1) is 0 Å². The van der Waals surface area contributed by atoms with Gasteiger partial charge < -0.3 is 10.3 Å². The lowest BCUT2D eigenvalue weighted by atomic mass is 10.2. The Morgan fingerprint density at radius 1 is 1.44 bits per heavy atom. The second-order valence-corrected chi connectivity index (χ2v) is 4.15. The van der Waals surface area contributed by atoms with Crippen LogP contribution >= 0.6 is 11.6 Å². The van der Waals surface area contributed by atoms with E-state index in [-0.39, 0.29) is 0 Å². The van der Waals surface area contributed by atoms with Gasteiger partial charge in [0.05, 0.1) is 5.69 Å². The van der Waals surface area contributed by atoms with E-state index < -0.39 is 0 Å². The van der Waals surface area contributed by atoms with Crippen molar-refractivity contribution in [1.29, 1.82) is 0 Å². The number of nitrogens with zero attached hydrogens (tertiary/aromatic N) is 2. The minimum Gasteiger partial charge on any atom is -0.334 e. The topological polar surface area (TPSA) is 43.8 Å². The number of rotatable bonds is 3. The Labute approximate surface area is 99.9 Å². The molecule has 1 aromatic heterocycles. The summed E-state index contributed by atoms with van der Waals surface area (Å²) in [6, 6.07) is 7.69. The predicted molar refractivity (Wildman–Crippen MR) is 66.4 cm³/mol.